The summed E-state index contributed by atoms with van der Waals surface area (Å²) in [5, 5.41) is 3.38. The predicted octanol–water partition coefficient (Wildman–Crippen LogP) is 4.07. The lowest BCUT2D eigenvalue weighted by Gasteiger charge is -2.47. The summed E-state index contributed by atoms with van der Waals surface area (Å²) in [6, 6.07) is 18.3. The lowest BCUT2D eigenvalue weighted by atomic mass is 9.94. The summed E-state index contributed by atoms with van der Waals surface area (Å²) in [5.41, 5.74) is 1.22. The fraction of sp³-hybridized carbons (Fsp3) is 0.273. The Labute approximate surface area is 153 Å². The quantitative estimate of drug-likeness (QED) is 0.769. The average molecular weight is 346 g/mol. The smallest absolute Gasteiger partial charge is 0.267 e. The van der Waals surface area contributed by atoms with Crippen LogP contribution in [0.3, 0.4) is 0 Å². The minimum Gasteiger partial charge on any atom is -0.267 e. The van der Waals surface area contributed by atoms with E-state index in [9.17, 15) is 9.59 Å². The minimum absolute atomic E-state index is 0.0769. The number of fused-ring (bicyclic) bond motifs is 2. The number of hydrogen-bond donors (Lipinski definition) is 0. The first-order valence-corrected chi connectivity index (χ1v) is 9.21. The van der Waals surface area contributed by atoms with Crippen molar-refractivity contribution < 1.29 is 9.59 Å². The third-order valence-corrected chi connectivity index (χ3v) is 5.12. The largest absolute Gasteiger partial charge is 0.273 e. The highest BCUT2D eigenvalue weighted by molar-refractivity contribution is 5.99. The summed E-state index contributed by atoms with van der Waals surface area (Å²) in [5.74, 6) is -0.229. The molecule has 4 heteroatoms. The number of carbonyl (C=O) groups is 2. The zero-order valence-corrected chi connectivity index (χ0v) is 14.6. The van der Waals surface area contributed by atoms with E-state index in [0.29, 0.717) is 11.1 Å². The summed E-state index contributed by atoms with van der Waals surface area (Å²) in [6.07, 6.45) is 8.08. The van der Waals surface area contributed by atoms with Crippen molar-refractivity contribution in [3.8, 4) is 0 Å². The molecule has 2 aromatic rings. The van der Waals surface area contributed by atoms with Crippen LogP contribution >= 0.6 is 0 Å². The van der Waals surface area contributed by atoms with Gasteiger partial charge in [0.25, 0.3) is 11.8 Å². The highest BCUT2D eigenvalue weighted by Gasteiger charge is 2.39. The molecule has 0 saturated heterocycles. The van der Waals surface area contributed by atoms with Crippen LogP contribution in [0.5, 0.6) is 0 Å². The van der Waals surface area contributed by atoms with Crippen molar-refractivity contribution in [2.24, 2.45) is 0 Å². The molecule has 1 heterocycles. The lowest BCUT2D eigenvalue weighted by Crippen LogP contribution is -2.60. The van der Waals surface area contributed by atoms with Gasteiger partial charge in [-0.2, -0.15) is 0 Å². The van der Waals surface area contributed by atoms with Crippen LogP contribution in [0.4, 0.5) is 0 Å². The van der Waals surface area contributed by atoms with Crippen molar-refractivity contribution >= 4 is 11.8 Å². The van der Waals surface area contributed by atoms with Gasteiger partial charge in [-0.1, -0.05) is 61.4 Å². The Balaban J connectivity index is 1.76. The summed E-state index contributed by atoms with van der Waals surface area (Å²) in [6.45, 7) is 0. The van der Waals surface area contributed by atoms with Crippen molar-refractivity contribution in [2.45, 2.75) is 37.8 Å². The van der Waals surface area contributed by atoms with Crippen molar-refractivity contribution in [2.75, 3.05) is 0 Å². The molecule has 2 atom stereocenters. The van der Waals surface area contributed by atoms with Gasteiger partial charge in [0, 0.05) is 11.1 Å². The molecule has 4 nitrogen and oxygen atoms in total. The van der Waals surface area contributed by atoms with Gasteiger partial charge in [0.2, 0.25) is 0 Å². The summed E-state index contributed by atoms with van der Waals surface area (Å²) in [4.78, 5) is 26.6. The van der Waals surface area contributed by atoms with Crippen molar-refractivity contribution in [1.29, 1.82) is 0 Å². The first kappa shape index (κ1) is 16.6. The highest BCUT2D eigenvalue weighted by atomic mass is 16.2. The van der Waals surface area contributed by atoms with E-state index < -0.39 is 0 Å². The maximum Gasteiger partial charge on any atom is 0.273 e. The van der Waals surface area contributed by atoms with Gasteiger partial charge in [-0.25, -0.2) is 10.0 Å². The van der Waals surface area contributed by atoms with Gasteiger partial charge < -0.3 is 0 Å². The van der Waals surface area contributed by atoms with Crippen molar-refractivity contribution in [1.82, 2.24) is 10.0 Å². The summed E-state index contributed by atoms with van der Waals surface area (Å²) < 4.78 is 0. The van der Waals surface area contributed by atoms with E-state index in [2.05, 4.69) is 12.2 Å². The Morgan fingerprint density at radius 1 is 0.654 bits per heavy atom. The van der Waals surface area contributed by atoms with Crippen molar-refractivity contribution in [3.05, 3.63) is 83.9 Å². The monoisotopic (exact) mass is 346 g/mol. The maximum atomic E-state index is 13.3. The first-order valence-electron chi connectivity index (χ1n) is 9.21. The van der Waals surface area contributed by atoms with E-state index in [4.69, 9.17) is 0 Å². The third kappa shape index (κ3) is 3.03. The lowest BCUT2D eigenvalue weighted by molar-refractivity contribution is -0.0412. The zero-order valence-electron chi connectivity index (χ0n) is 14.6. The number of nitrogens with zero attached hydrogens (tertiary/aromatic N) is 2. The molecule has 0 N–H and O–H groups in total. The molecule has 0 aromatic heterocycles. The molecule has 132 valence electrons. The van der Waals surface area contributed by atoms with Gasteiger partial charge in [0.15, 0.2) is 0 Å². The molecule has 0 radical (unpaired) electrons. The second-order valence-corrected chi connectivity index (χ2v) is 6.84. The molecule has 2 amide bonds. The Morgan fingerprint density at radius 3 is 1.42 bits per heavy atom. The van der Waals surface area contributed by atoms with E-state index in [0.717, 1.165) is 25.7 Å². The van der Waals surface area contributed by atoms with Gasteiger partial charge in [0.1, 0.15) is 0 Å². The first-order chi connectivity index (χ1) is 12.8. The molecule has 1 aliphatic heterocycles. The second-order valence-electron chi connectivity index (χ2n) is 6.84. The number of amides is 2. The molecular formula is C22H22N2O2. The number of hydrazine groups is 1. The summed E-state index contributed by atoms with van der Waals surface area (Å²) >= 11 is 0. The fourth-order valence-electron chi connectivity index (χ4n) is 3.81. The Bertz CT molecular complexity index is 747. The molecule has 0 unspecified atom stereocenters. The van der Waals surface area contributed by atoms with E-state index in [1.54, 1.807) is 10.0 Å². The predicted molar refractivity (Wildman–Crippen MR) is 100 cm³/mol. The SMILES string of the molecule is O=C(c1ccccc1)N1[C@@H]2C=C[C@@H](CCCC2)N1C(=O)c1ccccc1. The Morgan fingerprint density at radius 2 is 1.04 bits per heavy atom. The van der Waals surface area contributed by atoms with Gasteiger partial charge >= 0.3 is 0 Å². The topological polar surface area (TPSA) is 40.6 Å². The van der Waals surface area contributed by atoms with Crippen LogP contribution in [0.15, 0.2) is 72.8 Å². The molecular weight excluding hydrogens is 324 g/mol. The van der Waals surface area contributed by atoms with Crippen molar-refractivity contribution in [3.63, 3.8) is 0 Å². The molecule has 0 saturated carbocycles. The standard InChI is InChI=1S/C22H22N2O2/c25-21(17-9-3-1-4-10-17)23-19-13-7-8-14-20(16-15-19)24(23)22(26)18-11-5-2-6-12-18/h1-6,9-12,15-16,19-20H,7-8,13-14H2/t19-,20+. The number of carbonyl (C=O) groups excluding carboxylic acids is 2. The van der Waals surface area contributed by atoms with Crippen LogP contribution in [0.1, 0.15) is 46.4 Å². The van der Waals surface area contributed by atoms with Gasteiger partial charge in [-0.3, -0.25) is 9.59 Å². The van der Waals surface area contributed by atoms with E-state index >= 15 is 0 Å². The molecule has 0 spiro atoms. The van der Waals surface area contributed by atoms with E-state index in [1.807, 2.05) is 60.7 Å². The van der Waals surface area contributed by atoms with Crippen LogP contribution < -0.4 is 0 Å². The number of benzene rings is 2. The van der Waals surface area contributed by atoms with E-state index in [-0.39, 0.29) is 23.9 Å². The fourth-order valence-corrected chi connectivity index (χ4v) is 3.81. The molecule has 0 fully saturated rings. The molecule has 2 aromatic carbocycles. The van der Waals surface area contributed by atoms with Crippen LogP contribution in [0, 0.1) is 0 Å². The molecule has 2 aliphatic rings. The Hall–Kier alpha value is -2.88. The second kappa shape index (κ2) is 7.16. The van der Waals surface area contributed by atoms with Crippen LogP contribution in [-0.4, -0.2) is 33.9 Å². The molecule has 2 bridgehead atoms. The zero-order chi connectivity index (χ0) is 17.9. The molecule has 1 aliphatic carbocycles. The summed E-state index contributed by atoms with van der Waals surface area (Å²) in [7, 11) is 0. The normalized spacial score (nSPS) is 22.0. The number of hydrogen-bond acceptors (Lipinski definition) is 2. The third-order valence-electron chi connectivity index (χ3n) is 5.12. The van der Waals surface area contributed by atoms with Crippen LogP contribution in [0.2, 0.25) is 0 Å². The average Bonchev–Trinajstić information content (AvgIpc) is 2.68. The molecule has 4 rings (SSSR count). The maximum absolute atomic E-state index is 13.3. The van der Waals surface area contributed by atoms with Gasteiger partial charge in [-0.05, 0) is 37.1 Å². The van der Waals surface area contributed by atoms with Crippen LogP contribution in [0.25, 0.3) is 0 Å². The highest BCUT2D eigenvalue weighted by Crippen LogP contribution is 2.31. The van der Waals surface area contributed by atoms with Gasteiger partial charge in [0.05, 0.1) is 12.1 Å². The number of rotatable bonds is 2. The Kier molecular flexibility index (Phi) is 4.57. The van der Waals surface area contributed by atoms with Gasteiger partial charge in [-0.15, -0.1) is 0 Å². The van der Waals surface area contributed by atoms with E-state index in [1.165, 1.54) is 0 Å². The minimum atomic E-state index is -0.115. The molecule has 26 heavy (non-hydrogen) atoms. The van der Waals surface area contributed by atoms with Crippen LogP contribution in [-0.2, 0) is 0 Å².